The van der Waals surface area contributed by atoms with E-state index in [1.807, 2.05) is 70.0 Å². The molecule has 2 aromatic carbocycles. The molecule has 3 heterocycles. The van der Waals surface area contributed by atoms with Crippen molar-refractivity contribution in [1.29, 1.82) is 0 Å². The second-order valence-corrected chi connectivity index (χ2v) is 10.8. The lowest BCUT2D eigenvalue weighted by Gasteiger charge is -2.33. The summed E-state index contributed by atoms with van der Waals surface area (Å²) in [6.45, 7) is 6.94. The average molecular weight is 514 g/mol. The molecule has 38 heavy (non-hydrogen) atoms. The molecule has 0 aliphatic carbocycles. The Kier molecular flexibility index (Phi) is 6.93. The molecule has 4 aromatic rings. The number of benzene rings is 2. The highest BCUT2D eigenvalue weighted by atomic mass is 16.6. The number of likely N-dealkylation sites (tertiary alicyclic amines) is 1. The minimum Gasteiger partial charge on any atom is -0.444 e. The fourth-order valence-corrected chi connectivity index (χ4v) is 4.70. The van der Waals surface area contributed by atoms with Crippen LogP contribution in [0.1, 0.15) is 33.6 Å². The van der Waals surface area contributed by atoms with Crippen LogP contribution in [-0.4, -0.2) is 62.3 Å². The van der Waals surface area contributed by atoms with Gasteiger partial charge in [-0.2, -0.15) is 4.98 Å². The minimum atomic E-state index is -0.490. The standard InChI is InChI=1S/C29H35N7O2/c1-29(2,3)38-28(37)36-15-12-21(13-16-36)32-27-30-14-11-25(33-27)35(5)22-17-23(20-9-7-6-8-10-20)26-24(18-22)34(4)19-31-26/h6-11,14,17-19,21H,12-13,15-16H2,1-5H3,(H,30,32,33). The van der Waals surface area contributed by atoms with Crippen LogP contribution in [0, 0.1) is 0 Å². The maximum Gasteiger partial charge on any atom is 0.410 e. The smallest absolute Gasteiger partial charge is 0.410 e. The van der Waals surface area contributed by atoms with Crippen LogP contribution < -0.4 is 10.2 Å². The van der Waals surface area contributed by atoms with Crippen LogP contribution >= 0.6 is 0 Å². The Bertz CT molecular complexity index is 1420. The topological polar surface area (TPSA) is 88.4 Å². The number of piperidine rings is 1. The molecule has 0 saturated carbocycles. The zero-order valence-electron chi connectivity index (χ0n) is 22.7. The second-order valence-electron chi connectivity index (χ2n) is 10.8. The fraction of sp³-hybridized carbons (Fsp3) is 0.379. The van der Waals surface area contributed by atoms with E-state index in [1.165, 1.54) is 0 Å². The number of carbonyl (C=O) groups is 1. The van der Waals surface area contributed by atoms with E-state index in [-0.39, 0.29) is 12.1 Å². The van der Waals surface area contributed by atoms with Crippen LogP contribution in [0.25, 0.3) is 22.2 Å². The van der Waals surface area contributed by atoms with Crippen molar-refractivity contribution in [1.82, 2.24) is 24.4 Å². The number of hydrogen-bond donors (Lipinski definition) is 1. The zero-order chi connectivity index (χ0) is 26.9. The molecule has 1 saturated heterocycles. The molecule has 0 spiro atoms. The fourth-order valence-electron chi connectivity index (χ4n) is 4.70. The number of ether oxygens (including phenoxy) is 1. The van der Waals surface area contributed by atoms with E-state index < -0.39 is 5.60 Å². The lowest BCUT2D eigenvalue weighted by Crippen LogP contribution is -2.44. The Hall–Kier alpha value is -4.14. The molecule has 9 nitrogen and oxygen atoms in total. The molecule has 5 rings (SSSR count). The van der Waals surface area contributed by atoms with Gasteiger partial charge in [0, 0.05) is 50.7 Å². The first-order valence-corrected chi connectivity index (χ1v) is 13.0. The molecule has 1 fully saturated rings. The van der Waals surface area contributed by atoms with Gasteiger partial charge in [0.2, 0.25) is 5.95 Å². The Labute approximate surface area is 223 Å². The molecule has 0 atom stereocenters. The van der Waals surface area contributed by atoms with Gasteiger partial charge in [0.05, 0.1) is 17.4 Å². The number of nitrogens with zero attached hydrogens (tertiary/aromatic N) is 6. The van der Waals surface area contributed by atoms with Gasteiger partial charge in [-0.1, -0.05) is 30.3 Å². The van der Waals surface area contributed by atoms with E-state index in [2.05, 4.69) is 44.5 Å². The largest absolute Gasteiger partial charge is 0.444 e. The number of amides is 1. The summed E-state index contributed by atoms with van der Waals surface area (Å²) in [6, 6.07) is 16.7. The first-order chi connectivity index (χ1) is 18.2. The molecule has 1 aliphatic rings. The number of aromatic nitrogens is 4. The zero-order valence-corrected chi connectivity index (χ0v) is 22.7. The Balaban J connectivity index is 1.32. The van der Waals surface area contributed by atoms with Crippen LogP contribution in [0.3, 0.4) is 0 Å². The summed E-state index contributed by atoms with van der Waals surface area (Å²) in [5.74, 6) is 1.36. The maximum absolute atomic E-state index is 12.4. The third-order valence-corrected chi connectivity index (χ3v) is 6.75. The van der Waals surface area contributed by atoms with E-state index in [0.29, 0.717) is 19.0 Å². The van der Waals surface area contributed by atoms with Crippen molar-refractivity contribution < 1.29 is 9.53 Å². The summed E-state index contributed by atoms with van der Waals surface area (Å²) in [5.41, 5.74) is 4.74. The SMILES string of the molecule is CN(c1cc(-c2ccccc2)c2ncn(C)c2c1)c1ccnc(NC2CCN(C(=O)OC(C)(C)C)CC2)n1. The van der Waals surface area contributed by atoms with Gasteiger partial charge in [-0.15, -0.1) is 0 Å². The Morgan fingerprint density at radius 1 is 1.08 bits per heavy atom. The normalized spacial score (nSPS) is 14.5. The molecule has 0 bridgehead atoms. The van der Waals surface area contributed by atoms with Crippen molar-refractivity contribution in [2.24, 2.45) is 7.05 Å². The van der Waals surface area contributed by atoms with Gasteiger partial charge in [0.15, 0.2) is 0 Å². The van der Waals surface area contributed by atoms with E-state index in [4.69, 9.17) is 9.72 Å². The van der Waals surface area contributed by atoms with Gasteiger partial charge in [-0.05, 0) is 57.4 Å². The predicted molar refractivity (Wildman–Crippen MR) is 151 cm³/mol. The van der Waals surface area contributed by atoms with Gasteiger partial charge < -0.3 is 24.4 Å². The van der Waals surface area contributed by atoms with E-state index >= 15 is 0 Å². The number of nitrogens with one attached hydrogen (secondary N) is 1. The second kappa shape index (κ2) is 10.3. The number of fused-ring (bicyclic) bond motifs is 1. The van der Waals surface area contributed by atoms with Crippen molar-refractivity contribution in [3.8, 4) is 11.1 Å². The van der Waals surface area contributed by atoms with Gasteiger partial charge in [0.1, 0.15) is 11.4 Å². The van der Waals surface area contributed by atoms with Crippen molar-refractivity contribution in [2.75, 3.05) is 30.4 Å². The van der Waals surface area contributed by atoms with Crippen LogP contribution in [0.4, 0.5) is 22.2 Å². The number of hydrogen-bond acceptors (Lipinski definition) is 7. The lowest BCUT2D eigenvalue weighted by molar-refractivity contribution is 0.0210. The van der Waals surface area contributed by atoms with Crippen molar-refractivity contribution in [2.45, 2.75) is 45.3 Å². The molecule has 1 amide bonds. The van der Waals surface area contributed by atoms with Crippen LogP contribution in [0.2, 0.25) is 0 Å². The summed E-state index contributed by atoms with van der Waals surface area (Å²) in [4.78, 5) is 30.2. The molecular formula is C29H35N7O2. The number of imidazole rings is 1. The van der Waals surface area contributed by atoms with Gasteiger partial charge >= 0.3 is 6.09 Å². The number of aryl methyl sites for hydroxylation is 1. The number of anilines is 3. The minimum absolute atomic E-state index is 0.185. The van der Waals surface area contributed by atoms with E-state index in [1.54, 1.807) is 11.1 Å². The van der Waals surface area contributed by atoms with Crippen LogP contribution in [0.15, 0.2) is 61.1 Å². The number of rotatable bonds is 5. The summed E-state index contributed by atoms with van der Waals surface area (Å²) < 4.78 is 7.55. The third kappa shape index (κ3) is 5.56. The Morgan fingerprint density at radius 2 is 1.82 bits per heavy atom. The molecule has 1 aliphatic heterocycles. The molecule has 1 N–H and O–H groups in total. The summed E-state index contributed by atoms with van der Waals surface area (Å²) in [6.07, 6.45) is 4.98. The monoisotopic (exact) mass is 513 g/mol. The average Bonchev–Trinajstić information content (AvgIpc) is 3.28. The first kappa shape index (κ1) is 25.5. The van der Waals surface area contributed by atoms with Gasteiger partial charge in [0.25, 0.3) is 0 Å². The molecule has 0 unspecified atom stereocenters. The molecular weight excluding hydrogens is 478 g/mol. The highest BCUT2D eigenvalue weighted by Gasteiger charge is 2.27. The lowest BCUT2D eigenvalue weighted by atomic mass is 10.0. The van der Waals surface area contributed by atoms with Crippen LogP contribution in [-0.2, 0) is 11.8 Å². The quantitative estimate of drug-likeness (QED) is 0.371. The number of carbonyl (C=O) groups excluding carboxylic acids is 1. The molecule has 0 radical (unpaired) electrons. The van der Waals surface area contributed by atoms with Crippen LogP contribution in [0.5, 0.6) is 0 Å². The van der Waals surface area contributed by atoms with Gasteiger partial charge in [-0.25, -0.2) is 14.8 Å². The predicted octanol–water partition coefficient (Wildman–Crippen LogP) is 5.61. The highest BCUT2D eigenvalue weighted by molar-refractivity contribution is 5.95. The first-order valence-electron chi connectivity index (χ1n) is 13.0. The Morgan fingerprint density at radius 3 is 2.53 bits per heavy atom. The van der Waals surface area contributed by atoms with Crippen molar-refractivity contribution in [3.05, 3.63) is 61.1 Å². The molecule has 9 heteroatoms. The van der Waals surface area contributed by atoms with Crippen molar-refractivity contribution >= 4 is 34.6 Å². The molecule has 198 valence electrons. The summed E-state index contributed by atoms with van der Waals surface area (Å²) in [7, 11) is 4.02. The maximum atomic E-state index is 12.4. The summed E-state index contributed by atoms with van der Waals surface area (Å²) in [5, 5.41) is 3.47. The molecule has 2 aromatic heterocycles. The van der Waals surface area contributed by atoms with Crippen molar-refractivity contribution in [3.63, 3.8) is 0 Å². The van der Waals surface area contributed by atoms with E-state index in [0.717, 1.165) is 46.5 Å². The highest BCUT2D eigenvalue weighted by Crippen LogP contribution is 2.34. The van der Waals surface area contributed by atoms with E-state index in [9.17, 15) is 4.79 Å². The third-order valence-electron chi connectivity index (χ3n) is 6.75. The van der Waals surface area contributed by atoms with Gasteiger partial charge in [-0.3, -0.25) is 0 Å². The summed E-state index contributed by atoms with van der Waals surface area (Å²) >= 11 is 0.